The molecule has 2 aliphatic rings. The Bertz CT molecular complexity index is 1070. The molecule has 38 heavy (non-hydrogen) atoms. The lowest BCUT2D eigenvalue weighted by molar-refractivity contribution is -0.126. The lowest BCUT2D eigenvalue weighted by Crippen LogP contribution is -2.54. The number of nitrogens with one attached hydrogen (secondary N) is 1. The van der Waals surface area contributed by atoms with Gasteiger partial charge in [0.1, 0.15) is 35.5 Å². The van der Waals surface area contributed by atoms with Gasteiger partial charge in [-0.15, -0.1) is 11.8 Å². The molecule has 3 rings (SSSR count). The van der Waals surface area contributed by atoms with Crippen LogP contribution in [-0.4, -0.2) is 90.9 Å². The third kappa shape index (κ3) is 8.69. The van der Waals surface area contributed by atoms with Crippen LogP contribution >= 0.6 is 11.8 Å². The van der Waals surface area contributed by atoms with Crippen LogP contribution in [0.5, 0.6) is 5.75 Å². The Morgan fingerprint density at radius 1 is 1.39 bits per heavy atom. The number of rotatable bonds is 14. The molecule has 0 unspecified atom stereocenters. The quantitative estimate of drug-likeness (QED) is 0.155. The van der Waals surface area contributed by atoms with Crippen molar-refractivity contribution < 1.29 is 18.8 Å². The molecule has 0 bridgehead atoms. The molecule has 0 aromatic carbocycles. The number of carbonyl (C=O) groups is 1. The van der Waals surface area contributed by atoms with E-state index >= 15 is 0 Å². The number of oxime groups is 1. The zero-order valence-corrected chi connectivity index (χ0v) is 23.4. The Hall–Kier alpha value is -2.67. The summed E-state index contributed by atoms with van der Waals surface area (Å²) in [7, 11) is 2.14. The minimum atomic E-state index is -1.47. The normalized spacial score (nSPS) is 21.6. The maximum absolute atomic E-state index is 13.2. The number of carbonyl (C=O) groups excluding carboxylic acids is 1. The van der Waals surface area contributed by atoms with Crippen molar-refractivity contribution in [1.29, 1.82) is 0 Å². The molecule has 11 nitrogen and oxygen atoms in total. The van der Waals surface area contributed by atoms with Gasteiger partial charge in [-0.25, -0.2) is 9.79 Å². The number of nitrogens with zero attached hydrogens (tertiary/aromatic N) is 4. The fourth-order valence-electron chi connectivity index (χ4n) is 4.07. The third-order valence-corrected chi connectivity index (χ3v) is 7.54. The highest BCUT2D eigenvalue weighted by molar-refractivity contribution is 8.16. The molecule has 0 spiro atoms. The van der Waals surface area contributed by atoms with E-state index in [1.807, 2.05) is 6.92 Å². The molecule has 2 aliphatic heterocycles. The summed E-state index contributed by atoms with van der Waals surface area (Å²) < 4.78 is 10.9. The van der Waals surface area contributed by atoms with Crippen molar-refractivity contribution in [3.8, 4) is 5.75 Å². The van der Waals surface area contributed by atoms with E-state index in [4.69, 9.17) is 19.7 Å². The van der Waals surface area contributed by atoms with Gasteiger partial charge in [0.15, 0.2) is 5.66 Å². The van der Waals surface area contributed by atoms with Crippen LogP contribution in [0.3, 0.4) is 0 Å². The largest absolute Gasteiger partial charge is 0.489 e. The molecule has 12 heteroatoms. The standard InChI is InChI=1S/C26H40N6O5S/c1-5-8-21(22-16-20(35-14-6-2)17-23(33)37-22)28-25(34)26(27)18-38-24(29-26)19(3)30-36-15-7-9-32-12-10-31(4)11-13-32/h6,16-17,21H,2,5,7-15,18,27H2,1,3-4H3,(H,28,34)/b30-19+/t21-,26+/m1/s1. The van der Waals surface area contributed by atoms with Gasteiger partial charge < -0.3 is 29.1 Å². The van der Waals surface area contributed by atoms with Gasteiger partial charge in [0.2, 0.25) is 0 Å². The summed E-state index contributed by atoms with van der Waals surface area (Å²) in [5.41, 5.74) is 4.94. The van der Waals surface area contributed by atoms with Crippen LogP contribution in [0.4, 0.5) is 0 Å². The average molecular weight is 549 g/mol. The van der Waals surface area contributed by atoms with Gasteiger partial charge in [-0.3, -0.25) is 10.5 Å². The highest BCUT2D eigenvalue weighted by Gasteiger charge is 2.41. The van der Waals surface area contributed by atoms with Crippen molar-refractivity contribution >= 4 is 28.4 Å². The zero-order valence-electron chi connectivity index (χ0n) is 22.6. The molecule has 3 N–H and O–H groups in total. The molecule has 0 radical (unpaired) electrons. The van der Waals surface area contributed by atoms with Crippen LogP contribution < -0.4 is 21.4 Å². The predicted octanol–water partition coefficient (Wildman–Crippen LogP) is 1.99. The number of ether oxygens (including phenoxy) is 1. The van der Waals surface area contributed by atoms with Crippen molar-refractivity contribution in [3.63, 3.8) is 0 Å². The van der Waals surface area contributed by atoms with E-state index in [-0.39, 0.29) is 12.4 Å². The van der Waals surface area contributed by atoms with Gasteiger partial charge in [-0.05, 0) is 26.8 Å². The van der Waals surface area contributed by atoms with E-state index in [0.717, 1.165) is 45.6 Å². The minimum Gasteiger partial charge on any atom is -0.489 e. The highest BCUT2D eigenvalue weighted by Crippen LogP contribution is 2.27. The number of aliphatic imine (C=N–C) groups is 1. The van der Waals surface area contributed by atoms with Crippen LogP contribution in [0, 0.1) is 0 Å². The predicted molar refractivity (Wildman–Crippen MR) is 151 cm³/mol. The lowest BCUT2D eigenvalue weighted by Gasteiger charge is -2.32. The number of likely N-dealkylation sites (N-methyl/N-ethyl adjacent to an activating group) is 1. The lowest BCUT2D eigenvalue weighted by atomic mass is 10.1. The van der Waals surface area contributed by atoms with E-state index in [2.05, 4.69) is 38.9 Å². The van der Waals surface area contributed by atoms with Crippen LogP contribution in [0.2, 0.25) is 0 Å². The molecule has 210 valence electrons. The smallest absolute Gasteiger partial charge is 0.339 e. The molecular formula is C26H40N6O5S. The third-order valence-electron chi connectivity index (χ3n) is 6.30. The van der Waals surface area contributed by atoms with Crippen LogP contribution in [0.1, 0.15) is 44.9 Å². The number of thioether (sulfide) groups is 1. The highest BCUT2D eigenvalue weighted by atomic mass is 32.2. The first kappa shape index (κ1) is 29.9. The summed E-state index contributed by atoms with van der Waals surface area (Å²) in [6.45, 7) is 13.4. The first-order valence-electron chi connectivity index (χ1n) is 13.0. The maximum atomic E-state index is 13.2. The Labute approximate surface area is 228 Å². The number of hydrogen-bond acceptors (Lipinski definition) is 11. The number of piperazine rings is 1. The van der Waals surface area contributed by atoms with Gasteiger partial charge in [-0.2, -0.15) is 0 Å². The molecule has 1 saturated heterocycles. The maximum Gasteiger partial charge on any atom is 0.339 e. The summed E-state index contributed by atoms with van der Waals surface area (Å²) in [6, 6.07) is 2.30. The fourth-order valence-corrected chi connectivity index (χ4v) is 5.10. The molecule has 2 atom stereocenters. The Morgan fingerprint density at radius 2 is 2.16 bits per heavy atom. The molecule has 0 saturated carbocycles. The Morgan fingerprint density at radius 3 is 2.87 bits per heavy atom. The fraction of sp³-hybridized carbons (Fsp3) is 0.615. The summed E-state index contributed by atoms with van der Waals surface area (Å²) in [5, 5.41) is 7.67. The van der Waals surface area contributed by atoms with Crippen molar-refractivity contribution in [2.24, 2.45) is 15.9 Å². The van der Waals surface area contributed by atoms with Gasteiger partial charge in [0.05, 0.1) is 12.1 Å². The van der Waals surface area contributed by atoms with E-state index in [1.165, 1.54) is 17.8 Å². The van der Waals surface area contributed by atoms with Crippen LogP contribution in [0.15, 0.2) is 44.1 Å². The molecular weight excluding hydrogens is 508 g/mol. The zero-order chi connectivity index (χ0) is 27.5. The van der Waals surface area contributed by atoms with E-state index in [9.17, 15) is 9.59 Å². The summed E-state index contributed by atoms with van der Waals surface area (Å²) in [5.74, 6) is 0.448. The van der Waals surface area contributed by atoms with E-state index in [0.29, 0.717) is 35.3 Å². The molecule has 3 heterocycles. The molecule has 1 aromatic heterocycles. The summed E-state index contributed by atoms with van der Waals surface area (Å²) >= 11 is 1.36. The van der Waals surface area contributed by atoms with Crippen molar-refractivity contribution in [3.05, 3.63) is 41.0 Å². The minimum absolute atomic E-state index is 0.245. The van der Waals surface area contributed by atoms with Gasteiger partial charge >= 0.3 is 5.63 Å². The first-order valence-corrected chi connectivity index (χ1v) is 14.0. The van der Waals surface area contributed by atoms with Crippen molar-refractivity contribution in [1.82, 2.24) is 15.1 Å². The van der Waals surface area contributed by atoms with Gasteiger partial charge in [-0.1, -0.05) is 31.2 Å². The van der Waals surface area contributed by atoms with Crippen molar-refractivity contribution in [2.45, 2.75) is 44.8 Å². The first-order chi connectivity index (χ1) is 18.2. The molecule has 1 aromatic rings. The topological polar surface area (TPSA) is 135 Å². The molecule has 1 fully saturated rings. The second-order valence-electron chi connectivity index (χ2n) is 9.57. The van der Waals surface area contributed by atoms with Crippen LogP contribution in [-0.2, 0) is 9.63 Å². The van der Waals surface area contributed by atoms with Crippen LogP contribution in [0.25, 0.3) is 0 Å². The van der Waals surface area contributed by atoms with Crippen molar-refractivity contribution in [2.75, 3.05) is 58.7 Å². The summed E-state index contributed by atoms with van der Waals surface area (Å²) in [4.78, 5) is 40.0. The second kappa shape index (κ2) is 14.5. The Kier molecular flexibility index (Phi) is 11.4. The van der Waals surface area contributed by atoms with Gasteiger partial charge in [0.25, 0.3) is 5.91 Å². The van der Waals surface area contributed by atoms with E-state index in [1.54, 1.807) is 19.1 Å². The molecule has 1 amide bonds. The number of amides is 1. The number of hydrogen-bond donors (Lipinski definition) is 2. The second-order valence-corrected chi connectivity index (χ2v) is 10.5. The average Bonchev–Trinajstić information content (AvgIpc) is 3.31. The summed E-state index contributed by atoms with van der Waals surface area (Å²) in [6.07, 6.45) is 3.75. The van der Waals surface area contributed by atoms with E-state index < -0.39 is 23.2 Å². The number of nitrogens with two attached hydrogens (primary N) is 1. The molecule has 0 aliphatic carbocycles. The Balaban J connectivity index is 1.56. The SMILES string of the molecule is C=CCOc1cc([C@@H](CCC)NC(=O)[C@]2(N)CSC(/C(C)=N/OCCCN3CCN(C)CC3)=N2)oc(=O)c1. The van der Waals surface area contributed by atoms with Gasteiger partial charge in [0, 0.05) is 44.5 Å². The monoisotopic (exact) mass is 548 g/mol.